The molecule has 0 radical (unpaired) electrons. The van der Waals surface area contributed by atoms with Crippen LogP contribution in [0.2, 0.25) is 0 Å². The average molecular weight is 461 g/mol. The maximum Gasteiger partial charge on any atom is 0.336 e. The number of anilines is 2. The summed E-state index contributed by atoms with van der Waals surface area (Å²) in [6.07, 6.45) is 0. The van der Waals surface area contributed by atoms with Gasteiger partial charge in [-0.15, -0.1) is 0 Å². The van der Waals surface area contributed by atoms with Crippen LogP contribution in [-0.2, 0) is 0 Å². The van der Waals surface area contributed by atoms with Gasteiger partial charge in [0.25, 0.3) is 0 Å². The van der Waals surface area contributed by atoms with E-state index in [0.717, 1.165) is 10.9 Å². The molecule has 2 aliphatic heterocycles. The Morgan fingerprint density at radius 3 is 1.44 bits per heavy atom. The second kappa shape index (κ2) is 7.96. The Hall–Kier alpha value is -5.70. The molecule has 164 valence electrons. The molecular weight excluding hydrogens is 449 g/mol. The van der Waals surface area contributed by atoms with Crippen molar-refractivity contribution in [1.82, 2.24) is 0 Å². The topological polar surface area (TPSA) is 117 Å². The summed E-state index contributed by atoms with van der Waals surface area (Å²) in [5, 5.41) is 39.3. The Balaban J connectivity index is 1.75. The van der Waals surface area contributed by atoms with Crippen molar-refractivity contribution < 1.29 is 9.47 Å². The molecule has 0 saturated heterocycles. The molecule has 8 heteroatoms. The molecule has 0 saturated carbocycles. The first-order valence-electron chi connectivity index (χ1n) is 11.0. The third kappa shape index (κ3) is 2.97. The first kappa shape index (κ1) is 20.9. The van der Waals surface area contributed by atoms with E-state index >= 15 is 0 Å². The van der Waals surface area contributed by atoms with Gasteiger partial charge in [0, 0.05) is 12.1 Å². The van der Waals surface area contributed by atoms with Crippen molar-refractivity contribution in [2.75, 3.05) is 4.81 Å². The van der Waals surface area contributed by atoms with Crippen LogP contribution in [-0.4, -0.2) is 6.85 Å². The van der Waals surface area contributed by atoms with Gasteiger partial charge in [-0.1, -0.05) is 36.4 Å². The predicted molar refractivity (Wildman–Crippen MR) is 132 cm³/mol. The molecule has 0 unspecified atom stereocenters. The molecule has 6 rings (SSSR count). The molecule has 0 fully saturated rings. The third-order valence-electron chi connectivity index (χ3n) is 6.26. The number of para-hydroxylation sites is 2. The van der Waals surface area contributed by atoms with Crippen LogP contribution < -0.4 is 25.2 Å². The zero-order valence-corrected chi connectivity index (χ0v) is 18.6. The van der Waals surface area contributed by atoms with Crippen LogP contribution in [0.3, 0.4) is 0 Å². The summed E-state index contributed by atoms with van der Waals surface area (Å²) < 4.78 is 12.4. The molecule has 4 aromatic rings. The van der Waals surface area contributed by atoms with Crippen molar-refractivity contribution in [2.24, 2.45) is 0 Å². The maximum absolute atomic E-state index is 10.1. The van der Waals surface area contributed by atoms with E-state index in [9.17, 15) is 21.0 Å². The van der Waals surface area contributed by atoms with Gasteiger partial charge in [0.05, 0.1) is 45.8 Å². The number of hydrogen-bond acceptors (Lipinski definition) is 7. The van der Waals surface area contributed by atoms with Crippen LogP contribution in [0, 0.1) is 45.3 Å². The fourth-order valence-corrected chi connectivity index (χ4v) is 4.82. The van der Waals surface area contributed by atoms with E-state index in [1.807, 2.05) is 53.3 Å². The highest BCUT2D eigenvalue weighted by atomic mass is 16.5. The van der Waals surface area contributed by atoms with Gasteiger partial charge in [-0.25, -0.2) is 0 Å². The van der Waals surface area contributed by atoms with Gasteiger partial charge in [-0.2, -0.15) is 21.0 Å². The fourth-order valence-electron chi connectivity index (χ4n) is 4.82. The van der Waals surface area contributed by atoms with E-state index in [2.05, 4.69) is 24.3 Å². The molecule has 0 N–H and O–H groups in total. The lowest BCUT2D eigenvalue weighted by Gasteiger charge is -2.40. The van der Waals surface area contributed by atoms with E-state index in [-0.39, 0.29) is 22.3 Å². The molecular formula is C28H12BN5O2. The SMILES string of the molecule is N#Cc1cc(C#N)c2c(c1)Oc1cc(C#N)cc(C#N)c1N2B1c2ccccc2Oc2ccccc21. The van der Waals surface area contributed by atoms with Gasteiger partial charge in [0.2, 0.25) is 0 Å². The second-order valence-corrected chi connectivity index (χ2v) is 8.24. The number of benzene rings is 4. The second-order valence-electron chi connectivity index (χ2n) is 8.24. The molecule has 0 aromatic heterocycles. The Bertz CT molecular complexity index is 1640. The van der Waals surface area contributed by atoms with E-state index < -0.39 is 6.85 Å². The monoisotopic (exact) mass is 461 g/mol. The van der Waals surface area contributed by atoms with Gasteiger partial charge in [0.1, 0.15) is 23.6 Å². The molecule has 2 aliphatic rings. The van der Waals surface area contributed by atoms with E-state index in [4.69, 9.17) is 9.47 Å². The molecule has 2 heterocycles. The summed E-state index contributed by atoms with van der Waals surface area (Å²) in [6.45, 7) is -0.493. The van der Waals surface area contributed by atoms with Crippen LogP contribution in [0.15, 0.2) is 72.8 Å². The Morgan fingerprint density at radius 2 is 1.00 bits per heavy atom. The number of nitrogens with zero attached hydrogens (tertiary/aromatic N) is 5. The molecule has 0 aliphatic carbocycles. The number of hydrogen-bond donors (Lipinski definition) is 0. The minimum absolute atomic E-state index is 0.226. The zero-order chi connectivity index (χ0) is 24.8. The summed E-state index contributed by atoms with van der Waals surface area (Å²) in [5.41, 5.74) is 3.50. The van der Waals surface area contributed by atoms with Crippen LogP contribution in [0.4, 0.5) is 11.4 Å². The van der Waals surface area contributed by atoms with Gasteiger partial charge in [-0.3, -0.25) is 0 Å². The van der Waals surface area contributed by atoms with Gasteiger partial charge < -0.3 is 14.3 Å². The van der Waals surface area contributed by atoms with Crippen molar-refractivity contribution in [2.45, 2.75) is 0 Å². The Kier molecular flexibility index (Phi) is 4.62. The molecule has 36 heavy (non-hydrogen) atoms. The lowest BCUT2D eigenvalue weighted by atomic mass is 9.47. The third-order valence-corrected chi connectivity index (χ3v) is 6.26. The average Bonchev–Trinajstić information content (AvgIpc) is 2.93. The fraction of sp³-hybridized carbons (Fsp3) is 0. The van der Waals surface area contributed by atoms with Crippen molar-refractivity contribution in [3.05, 3.63) is 95.1 Å². The predicted octanol–water partition coefficient (Wildman–Crippen LogP) is 4.33. The largest absolute Gasteiger partial charge is 0.458 e. The van der Waals surface area contributed by atoms with Crippen molar-refractivity contribution in [3.8, 4) is 47.3 Å². The molecule has 0 bridgehead atoms. The van der Waals surface area contributed by atoms with Crippen molar-refractivity contribution >= 4 is 29.1 Å². The van der Waals surface area contributed by atoms with E-state index in [1.54, 1.807) is 12.1 Å². The minimum Gasteiger partial charge on any atom is -0.458 e. The van der Waals surface area contributed by atoms with Gasteiger partial charge in [0.15, 0.2) is 11.5 Å². The summed E-state index contributed by atoms with van der Waals surface area (Å²) in [6, 6.07) is 29.9. The highest BCUT2D eigenvalue weighted by Gasteiger charge is 2.43. The standard InChI is InChI=1S/C28H12BN5O2/c30-13-17-9-19(15-32)27-25(11-17)36-26-12-18(14-31)10-20(16-33)28(26)34(27)29-21-5-1-3-7-23(21)35-24-8-4-2-6-22(24)29/h1-12H. The molecule has 0 amide bonds. The van der Waals surface area contributed by atoms with Crippen LogP contribution >= 0.6 is 0 Å². The highest BCUT2D eigenvalue weighted by molar-refractivity contribution is 6.90. The van der Waals surface area contributed by atoms with Gasteiger partial charge in [-0.05, 0) is 35.2 Å². The van der Waals surface area contributed by atoms with Crippen LogP contribution in [0.5, 0.6) is 23.0 Å². The number of rotatable bonds is 1. The Morgan fingerprint density at radius 1 is 0.556 bits per heavy atom. The summed E-state index contributed by atoms with van der Waals surface area (Å²) in [5.74, 6) is 1.88. The maximum atomic E-state index is 10.1. The summed E-state index contributed by atoms with van der Waals surface area (Å²) >= 11 is 0. The smallest absolute Gasteiger partial charge is 0.336 e. The number of nitriles is 4. The number of fused-ring (bicyclic) bond motifs is 4. The molecule has 7 nitrogen and oxygen atoms in total. The first-order valence-corrected chi connectivity index (χ1v) is 11.0. The van der Waals surface area contributed by atoms with Crippen LogP contribution in [0.1, 0.15) is 22.3 Å². The minimum atomic E-state index is -0.493. The van der Waals surface area contributed by atoms with E-state index in [0.29, 0.717) is 34.4 Å². The lowest BCUT2D eigenvalue weighted by Crippen LogP contribution is -2.58. The lowest BCUT2D eigenvalue weighted by molar-refractivity contribution is 0.476. The first-order chi connectivity index (χ1) is 17.7. The highest BCUT2D eigenvalue weighted by Crippen LogP contribution is 2.51. The van der Waals surface area contributed by atoms with Crippen molar-refractivity contribution in [1.29, 1.82) is 21.0 Å². The molecule has 4 aromatic carbocycles. The summed E-state index contributed by atoms with van der Waals surface area (Å²) in [4.78, 5) is 1.90. The quantitative estimate of drug-likeness (QED) is 0.388. The molecule has 0 atom stereocenters. The van der Waals surface area contributed by atoms with Crippen LogP contribution in [0.25, 0.3) is 0 Å². The Labute approximate surface area is 206 Å². The zero-order valence-electron chi connectivity index (χ0n) is 18.6. The van der Waals surface area contributed by atoms with Gasteiger partial charge >= 0.3 is 6.85 Å². The number of ether oxygens (including phenoxy) is 2. The van der Waals surface area contributed by atoms with Crippen molar-refractivity contribution in [3.63, 3.8) is 0 Å². The molecule has 0 spiro atoms. The van der Waals surface area contributed by atoms with E-state index in [1.165, 1.54) is 12.1 Å². The normalized spacial score (nSPS) is 12.1. The summed E-state index contributed by atoms with van der Waals surface area (Å²) in [7, 11) is 0.